The van der Waals surface area contributed by atoms with Gasteiger partial charge >= 0.3 is 0 Å². The molecule has 1 amide bonds. The van der Waals surface area contributed by atoms with E-state index in [-0.39, 0.29) is 11.9 Å². The van der Waals surface area contributed by atoms with Gasteiger partial charge in [-0.15, -0.1) is 0 Å². The Balaban J connectivity index is 2.80. The van der Waals surface area contributed by atoms with Crippen LogP contribution in [0.25, 0.3) is 0 Å². The van der Waals surface area contributed by atoms with Gasteiger partial charge in [-0.1, -0.05) is 43.6 Å². The Morgan fingerprint density at radius 2 is 1.89 bits per heavy atom. The van der Waals surface area contributed by atoms with Gasteiger partial charge in [0.1, 0.15) is 0 Å². The molecule has 0 spiro atoms. The third-order valence-corrected chi connectivity index (χ3v) is 3.67. The molecule has 106 valence electrons. The quantitative estimate of drug-likeness (QED) is 0.901. The topological polar surface area (TPSA) is 46.3 Å². The van der Waals surface area contributed by atoms with Crippen LogP contribution in [0.3, 0.4) is 0 Å². The van der Waals surface area contributed by atoms with E-state index in [2.05, 4.69) is 13.8 Å². The Morgan fingerprint density at radius 3 is 2.42 bits per heavy atom. The molecule has 3 nitrogen and oxygen atoms in total. The minimum atomic E-state index is -0.449. The molecule has 0 aliphatic carbocycles. The van der Waals surface area contributed by atoms with Crippen molar-refractivity contribution < 1.29 is 4.79 Å². The number of benzene rings is 1. The van der Waals surface area contributed by atoms with Crippen molar-refractivity contribution in [3.63, 3.8) is 0 Å². The summed E-state index contributed by atoms with van der Waals surface area (Å²) in [5, 5.41) is 0.673. The predicted molar refractivity (Wildman–Crippen MR) is 80.1 cm³/mol. The summed E-state index contributed by atoms with van der Waals surface area (Å²) in [5.74, 6) is 0.365. The number of rotatable bonds is 5. The van der Waals surface area contributed by atoms with Gasteiger partial charge in [0.05, 0.1) is 12.1 Å². The van der Waals surface area contributed by atoms with Crippen molar-refractivity contribution in [2.24, 2.45) is 11.7 Å². The maximum atomic E-state index is 12.3. The molecule has 0 fully saturated rings. The molecule has 0 heterocycles. The van der Waals surface area contributed by atoms with E-state index in [1.807, 2.05) is 31.2 Å². The maximum Gasteiger partial charge on any atom is 0.239 e. The molecular weight excluding hydrogens is 260 g/mol. The third kappa shape index (κ3) is 4.22. The number of nitrogens with zero attached hydrogens (tertiary/aromatic N) is 1. The number of carbonyl (C=O) groups excluding carboxylic acids is 1. The highest BCUT2D eigenvalue weighted by molar-refractivity contribution is 6.31. The van der Waals surface area contributed by atoms with Crippen molar-refractivity contribution in [2.75, 3.05) is 7.05 Å². The van der Waals surface area contributed by atoms with Crippen molar-refractivity contribution in [1.82, 2.24) is 4.90 Å². The van der Waals surface area contributed by atoms with Gasteiger partial charge in [-0.05, 0) is 30.9 Å². The molecule has 0 saturated carbocycles. The Bertz CT molecular complexity index is 434. The van der Waals surface area contributed by atoms with Gasteiger partial charge in [0.25, 0.3) is 0 Å². The van der Waals surface area contributed by atoms with E-state index >= 15 is 0 Å². The highest BCUT2D eigenvalue weighted by Crippen LogP contribution is 2.26. The first-order valence-corrected chi connectivity index (χ1v) is 6.99. The number of amides is 1. The van der Waals surface area contributed by atoms with E-state index in [9.17, 15) is 4.79 Å². The highest BCUT2D eigenvalue weighted by atomic mass is 35.5. The van der Waals surface area contributed by atoms with Crippen LogP contribution in [0.1, 0.15) is 38.8 Å². The normalized spacial score (nSPS) is 14.3. The Morgan fingerprint density at radius 1 is 1.32 bits per heavy atom. The molecule has 0 radical (unpaired) electrons. The average Bonchev–Trinajstić information content (AvgIpc) is 2.36. The summed E-state index contributed by atoms with van der Waals surface area (Å²) in [4.78, 5) is 13.9. The van der Waals surface area contributed by atoms with Crippen LogP contribution < -0.4 is 5.73 Å². The van der Waals surface area contributed by atoms with Crippen molar-refractivity contribution >= 4 is 17.5 Å². The number of halogens is 1. The second-order valence-corrected chi connectivity index (χ2v) is 5.79. The Hall–Kier alpha value is -1.06. The average molecular weight is 283 g/mol. The smallest absolute Gasteiger partial charge is 0.239 e. The molecule has 19 heavy (non-hydrogen) atoms. The van der Waals surface area contributed by atoms with Crippen LogP contribution in [0.4, 0.5) is 0 Å². The monoisotopic (exact) mass is 282 g/mol. The highest BCUT2D eigenvalue weighted by Gasteiger charge is 2.24. The zero-order valence-electron chi connectivity index (χ0n) is 12.1. The summed E-state index contributed by atoms with van der Waals surface area (Å²) in [7, 11) is 1.77. The second kappa shape index (κ2) is 6.92. The first kappa shape index (κ1) is 16.0. The molecule has 2 atom stereocenters. The molecule has 0 aliphatic rings. The van der Waals surface area contributed by atoms with E-state index < -0.39 is 6.04 Å². The van der Waals surface area contributed by atoms with Crippen LogP contribution in [0.15, 0.2) is 24.3 Å². The summed E-state index contributed by atoms with van der Waals surface area (Å²) in [5.41, 5.74) is 6.89. The van der Waals surface area contributed by atoms with Crippen LogP contribution in [0, 0.1) is 5.92 Å². The SMILES string of the molecule is CC(C)CC(N)C(=O)N(C)C(C)c1ccccc1Cl. The maximum absolute atomic E-state index is 12.3. The van der Waals surface area contributed by atoms with Crippen LogP contribution in [-0.2, 0) is 4.79 Å². The van der Waals surface area contributed by atoms with E-state index in [1.54, 1.807) is 11.9 Å². The molecule has 2 unspecified atom stereocenters. The summed E-state index contributed by atoms with van der Waals surface area (Å²) in [6.07, 6.45) is 0.693. The van der Waals surface area contributed by atoms with E-state index in [1.165, 1.54) is 0 Å². The molecule has 0 aliphatic heterocycles. The van der Waals surface area contributed by atoms with Gasteiger partial charge in [-0.25, -0.2) is 0 Å². The van der Waals surface area contributed by atoms with Crippen LogP contribution in [0.5, 0.6) is 0 Å². The first-order chi connectivity index (χ1) is 8.84. The number of hydrogen-bond acceptors (Lipinski definition) is 2. The molecule has 4 heteroatoms. The predicted octanol–water partition coefficient (Wildman–Crippen LogP) is 3.23. The summed E-state index contributed by atoms with van der Waals surface area (Å²) in [6, 6.07) is 7.04. The fourth-order valence-electron chi connectivity index (χ4n) is 2.08. The lowest BCUT2D eigenvalue weighted by atomic mass is 10.0. The molecule has 1 rings (SSSR count). The standard InChI is InChI=1S/C15H23ClN2O/c1-10(2)9-14(17)15(19)18(4)11(3)12-7-5-6-8-13(12)16/h5-8,10-11,14H,9,17H2,1-4H3. The first-order valence-electron chi connectivity index (χ1n) is 6.61. The van der Waals surface area contributed by atoms with Gasteiger partial charge in [-0.2, -0.15) is 0 Å². The molecule has 0 aromatic heterocycles. The lowest BCUT2D eigenvalue weighted by Crippen LogP contribution is -2.43. The summed E-state index contributed by atoms with van der Waals surface area (Å²) >= 11 is 6.16. The summed E-state index contributed by atoms with van der Waals surface area (Å²) < 4.78 is 0. The fraction of sp³-hybridized carbons (Fsp3) is 0.533. The lowest BCUT2D eigenvalue weighted by Gasteiger charge is -2.29. The molecule has 1 aromatic rings. The second-order valence-electron chi connectivity index (χ2n) is 5.38. The van der Waals surface area contributed by atoms with Gasteiger partial charge < -0.3 is 10.6 Å². The lowest BCUT2D eigenvalue weighted by molar-refractivity contribution is -0.133. The Kier molecular flexibility index (Phi) is 5.83. The zero-order valence-corrected chi connectivity index (χ0v) is 12.8. The van der Waals surface area contributed by atoms with Crippen molar-refractivity contribution in [3.05, 3.63) is 34.9 Å². The van der Waals surface area contributed by atoms with Gasteiger partial charge in [0.15, 0.2) is 0 Å². The molecule has 0 saturated heterocycles. The Labute approximate surface area is 120 Å². The molecular formula is C15H23ClN2O. The van der Waals surface area contributed by atoms with E-state index in [0.717, 1.165) is 5.56 Å². The molecule has 0 bridgehead atoms. The number of carbonyl (C=O) groups is 1. The van der Waals surface area contributed by atoms with E-state index in [4.69, 9.17) is 17.3 Å². The van der Waals surface area contributed by atoms with Gasteiger partial charge in [-0.3, -0.25) is 4.79 Å². The largest absolute Gasteiger partial charge is 0.338 e. The van der Waals surface area contributed by atoms with Crippen molar-refractivity contribution in [1.29, 1.82) is 0 Å². The van der Waals surface area contributed by atoms with Gasteiger partial charge in [0, 0.05) is 12.1 Å². The minimum Gasteiger partial charge on any atom is -0.338 e. The molecule has 1 aromatic carbocycles. The van der Waals surface area contributed by atoms with Crippen molar-refractivity contribution in [3.8, 4) is 0 Å². The van der Waals surface area contributed by atoms with Crippen LogP contribution in [0.2, 0.25) is 5.02 Å². The minimum absolute atomic E-state index is 0.0406. The zero-order chi connectivity index (χ0) is 14.6. The number of hydrogen-bond donors (Lipinski definition) is 1. The summed E-state index contributed by atoms with van der Waals surface area (Å²) in [6.45, 7) is 6.08. The molecule has 2 N–H and O–H groups in total. The third-order valence-electron chi connectivity index (χ3n) is 3.33. The van der Waals surface area contributed by atoms with Gasteiger partial charge in [0.2, 0.25) is 5.91 Å². The van der Waals surface area contributed by atoms with Crippen molar-refractivity contribution in [2.45, 2.75) is 39.3 Å². The van der Waals surface area contributed by atoms with Crippen LogP contribution in [-0.4, -0.2) is 23.9 Å². The number of nitrogens with two attached hydrogens (primary N) is 1. The fourth-order valence-corrected chi connectivity index (χ4v) is 2.38. The number of likely N-dealkylation sites (N-methyl/N-ethyl adjacent to an activating group) is 1. The van der Waals surface area contributed by atoms with E-state index in [0.29, 0.717) is 17.4 Å². The van der Waals surface area contributed by atoms with Crippen LogP contribution >= 0.6 is 11.6 Å².